The largest absolute Gasteiger partial charge is 0.463 e. The Morgan fingerprint density at radius 1 is 1.24 bits per heavy atom. The Kier molecular flexibility index (Phi) is 5.29. The molecule has 0 saturated carbocycles. The van der Waals surface area contributed by atoms with Crippen LogP contribution < -0.4 is 0 Å². The summed E-state index contributed by atoms with van der Waals surface area (Å²) >= 11 is 0. The average Bonchev–Trinajstić information content (AvgIpc) is 2.28. The Labute approximate surface area is 98.9 Å². The van der Waals surface area contributed by atoms with Gasteiger partial charge < -0.3 is 29.5 Å². The van der Waals surface area contributed by atoms with E-state index in [9.17, 15) is 20.1 Å². The average molecular weight is 250 g/mol. The van der Waals surface area contributed by atoms with Crippen molar-refractivity contribution in [3.63, 3.8) is 0 Å². The molecule has 0 unspecified atom stereocenters. The van der Waals surface area contributed by atoms with Gasteiger partial charge in [-0.1, -0.05) is 0 Å². The summed E-state index contributed by atoms with van der Waals surface area (Å²) in [4.78, 5) is 10.6. The van der Waals surface area contributed by atoms with Crippen LogP contribution in [0, 0.1) is 0 Å². The highest BCUT2D eigenvalue weighted by Crippen LogP contribution is 2.22. The lowest BCUT2D eigenvalue weighted by molar-refractivity contribution is -0.300. The molecule has 3 N–H and O–H groups in total. The molecule has 1 fully saturated rings. The molecule has 1 heterocycles. The predicted molar refractivity (Wildman–Crippen MR) is 54.9 cm³/mol. The van der Waals surface area contributed by atoms with Gasteiger partial charge in [0.15, 0.2) is 6.29 Å². The fourth-order valence-corrected chi connectivity index (χ4v) is 1.56. The molecule has 1 aliphatic rings. The molecule has 0 bridgehead atoms. The number of esters is 1. The SMILES string of the molecule is CCO[C@H]1O[C@H](COC(C)=O)[C@@H](O)[C@H](O)[C@@H]1O. The van der Waals surface area contributed by atoms with Crippen molar-refractivity contribution in [2.24, 2.45) is 0 Å². The van der Waals surface area contributed by atoms with E-state index in [1.165, 1.54) is 6.92 Å². The molecular formula is C10H18O7. The zero-order chi connectivity index (χ0) is 13.0. The number of carbonyl (C=O) groups excluding carboxylic acids is 1. The topological polar surface area (TPSA) is 105 Å². The summed E-state index contributed by atoms with van der Waals surface area (Å²) in [6, 6.07) is 0. The number of hydrogen-bond acceptors (Lipinski definition) is 7. The van der Waals surface area contributed by atoms with Crippen molar-refractivity contribution in [3.05, 3.63) is 0 Å². The van der Waals surface area contributed by atoms with E-state index in [0.29, 0.717) is 0 Å². The van der Waals surface area contributed by atoms with E-state index in [2.05, 4.69) is 4.74 Å². The van der Waals surface area contributed by atoms with Gasteiger partial charge in [-0.25, -0.2) is 0 Å². The van der Waals surface area contributed by atoms with E-state index in [1.807, 2.05) is 0 Å². The molecule has 0 radical (unpaired) electrons. The maximum absolute atomic E-state index is 10.6. The summed E-state index contributed by atoms with van der Waals surface area (Å²) < 4.78 is 15.0. The van der Waals surface area contributed by atoms with Crippen LogP contribution in [0.4, 0.5) is 0 Å². The van der Waals surface area contributed by atoms with Crippen LogP contribution in [0.1, 0.15) is 13.8 Å². The van der Waals surface area contributed by atoms with Crippen molar-refractivity contribution in [2.45, 2.75) is 44.6 Å². The lowest BCUT2D eigenvalue weighted by Crippen LogP contribution is -2.59. The maximum atomic E-state index is 10.6. The summed E-state index contributed by atoms with van der Waals surface area (Å²) in [6.07, 6.45) is -6.03. The molecule has 0 amide bonds. The summed E-state index contributed by atoms with van der Waals surface area (Å²) in [5, 5.41) is 28.8. The van der Waals surface area contributed by atoms with Crippen LogP contribution >= 0.6 is 0 Å². The van der Waals surface area contributed by atoms with Crippen LogP contribution in [0.3, 0.4) is 0 Å². The highest BCUT2D eigenvalue weighted by Gasteiger charge is 2.44. The molecule has 1 saturated heterocycles. The fraction of sp³-hybridized carbons (Fsp3) is 0.900. The van der Waals surface area contributed by atoms with E-state index < -0.39 is 36.7 Å². The molecule has 17 heavy (non-hydrogen) atoms. The minimum atomic E-state index is -1.40. The van der Waals surface area contributed by atoms with E-state index >= 15 is 0 Å². The molecule has 0 aliphatic carbocycles. The predicted octanol–water partition coefficient (Wildman–Crippen LogP) is -1.61. The quantitative estimate of drug-likeness (QED) is 0.516. The molecule has 0 spiro atoms. The van der Waals surface area contributed by atoms with Crippen molar-refractivity contribution in [1.29, 1.82) is 0 Å². The van der Waals surface area contributed by atoms with Gasteiger partial charge in [0.05, 0.1) is 0 Å². The first-order valence-corrected chi connectivity index (χ1v) is 5.42. The Morgan fingerprint density at radius 3 is 2.41 bits per heavy atom. The normalized spacial score (nSPS) is 37.8. The number of aliphatic hydroxyl groups is 3. The van der Waals surface area contributed by atoms with Gasteiger partial charge in [0.1, 0.15) is 31.0 Å². The first kappa shape index (κ1) is 14.3. The van der Waals surface area contributed by atoms with Gasteiger partial charge in [0, 0.05) is 13.5 Å². The van der Waals surface area contributed by atoms with Crippen molar-refractivity contribution in [2.75, 3.05) is 13.2 Å². The van der Waals surface area contributed by atoms with Crippen molar-refractivity contribution in [1.82, 2.24) is 0 Å². The Balaban J connectivity index is 2.60. The summed E-state index contributed by atoms with van der Waals surface area (Å²) in [6.45, 7) is 3.00. The number of aliphatic hydroxyl groups excluding tert-OH is 3. The molecule has 0 aromatic heterocycles. The van der Waals surface area contributed by atoms with Gasteiger partial charge in [0.2, 0.25) is 0 Å². The number of ether oxygens (including phenoxy) is 3. The van der Waals surface area contributed by atoms with Gasteiger partial charge in [-0.15, -0.1) is 0 Å². The maximum Gasteiger partial charge on any atom is 0.302 e. The third-order valence-corrected chi connectivity index (χ3v) is 2.45. The zero-order valence-electron chi connectivity index (χ0n) is 9.78. The molecule has 0 aromatic carbocycles. The van der Waals surface area contributed by atoms with Crippen molar-refractivity contribution < 1.29 is 34.3 Å². The molecule has 100 valence electrons. The third kappa shape index (κ3) is 3.62. The van der Waals surface area contributed by atoms with Crippen LogP contribution in [0.15, 0.2) is 0 Å². The molecule has 0 aromatic rings. The second kappa shape index (κ2) is 6.27. The van der Waals surface area contributed by atoms with Crippen LogP contribution in [-0.2, 0) is 19.0 Å². The fourth-order valence-electron chi connectivity index (χ4n) is 1.56. The highest BCUT2D eigenvalue weighted by molar-refractivity contribution is 5.65. The minimum Gasteiger partial charge on any atom is -0.463 e. The summed E-state index contributed by atoms with van der Waals surface area (Å²) in [5.41, 5.74) is 0. The van der Waals surface area contributed by atoms with E-state index in [4.69, 9.17) is 9.47 Å². The third-order valence-electron chi connectivity index (χ3n) is 2.45. The minimum absolute atomic E-state index is 0.205. The molecule has 5 atom stereocenters. The monoisotopic (exact) mass is 250 g/mol. The van der Waals surface area contributed by atoms with Crippen molar-refractivity contribution in [3.8, 4) is 0 Å². The second-order valence-corrected chi connectivity index (χ2v) is 3.77. The van der Waals surface area contributed by atoms with Gasteiger partial charge in [-0.3, -0.25) is 4.79 Å². The zero-order valence-corrected chi connectivity index (χ0v) is 9.78. The highest BCUT2D eigenvalue weighted by atomic mass is 16.7. The Morgan fingerprint density at radius 2 is 1.88 bits per heavy atom. The molecule has 7 heteroatoms. The molecule has 1 aliphatic heterocycles. The summed E-state index contributed by atoms with van der Waals surface area (Å²) in [5.74, 6) is -0.519. The second-order valence-electron chi connectivity index (χ2n) is 3.77. The molecule has 7 nitrogen and oxygen atoms in total. The lowest BCUT2D eigenvalue weighted by Gasteiger charge is -2.39. The van der Waals surface area contributed by atoms with Gasteiger partial charge in [-0.2, -0.15) is 0 Å². The first-order valence-electron chi connectivity index (χ1n) is 5.42. The van der Waals surface area contributed by atoms with E-state index in [1.54, 1.807) is 6.92 Å². The Hall–Kier alpha value is -0.730. The van der Waals surface area contributed by atoms with Crippen molar-refractivity contribution >= 4 is 5.97 Å². The van der Waals surface area contributed by atoms with E-state index in [-0.39, 0.29) is 13.2 Å². The van der Waals surface area contributed by atoms with E-state index in [0.717, 1.165) is 0 Å². The van der Waals surface area contributed by atoms with Crippen LogP contribution in [0.25, 0.3) is 0 Å². The number of carbonyl (C=O) groups is 1. The standard InChI is InChI=1S/C10H18O7/c1-3-15-10-9(14)8(13)7(12)6(17-10)4-16-5(2)11/h6-10,12-14H,3-4H2,1-2H3/t6-,7-,8+,9+,10+/m1/s1. The Bertz CT molecular complexity index is 257. The van der Waals surface area contributed by atoms with Gasteiger partial charge in [-0.05, 0) is 6.92 Å². The van der Waals surface area contributed by atoms with Gasteiger partial charge >= 0.3 is 5.97 Å². The lowest BCUT2D eigenvalue weighted by atomic mass is 9.99. The number of hydrogen-bond donors (Lipinski definition) is 3. The smallest absolute Gasteiger partial charge is 0.302 e. The summed E-state index contributed by atoms with van der Waals surface area (Å²) in [7, 11) is 0. The van der Waals surface area contributed by atoms with Crippen LogP contribution in [-0.4, -0.2) is 65.2 Å². The van der Waals surface area contributed by atoms with Crippen LogP contribution in [0.2, 0.25) is 0 Å². The van der Waals surface area contributed by atoms with Gasteiger partial charge in [0.25, 0.3) is 0 Å². The van der Waals surface area contributed by atoms with Crippen LogP contribution in [0.5, 0.6) is 0 Å². The molecular weight excluding hydrogens is 232 g/mol. The number of rotatable bonds is 4. The molecule has 1 rings (SSSR count). The first-order chi connectivity index (χ1) is 7.97.